The van der Waals surface area contributed by atoms with Gasteiger partial charge in [0.25, 0.3) is 0 Å². The summed E-state index contributed by atoms with van der Waals surface area (Å²) in [4.78, 5) is 14.4. The molecule has 2 aromatic rings. The monoisotopic (exact) mass is 412 g/mol. The first-order valence-corrected chi connectivity index (χ1v) is 11.6. The molecule has 0 N–H and O–H groups in total. The lowest BCUT2D eigenvalue weighted by Crippen LogP contribution is -2.44. The number of sulfonamides is 1. The molecule has 0 saturated carbocycles. The largest absolute Gasteiger partial charge is 0.349 e. The highest BCUT2D eigenvalue weighted by Gasteiger charge is 2.47. The lowest BCUT2D eigenvalue weighted by Gasteiger charge is -2.39. The van der Waals surface area contributed by atoms with Crippen molar-refractivity contribution >= 4 is 15.9 Å². The van der Waals surface area contributed by atoms with Gasteiger partial charge in [-0.1, -0.05) is 42.5 Å². The van der Waals surface area contributed by atoms with Crippen LogP contribution >= 0.6 is 0 Å². The van der Waals surface area contributed by atoms with E-state index in [2.05, 4.69) is 18.2 Å². The average molecular weight is 413 g/mol. The molecule has 1 saturated heterocycles. The summed E-state index contributed by atoms with van der Waals surface area (Å²) in [6.45, 7) is 1.03. The molecule has 0 aromatic heterocycles. The van der Waals surface area contributed by atoms with E-state index in [9.17, 15) is 13.2 Å². The molecule has 154 valence electrons. The zero-order valence-corrected chi connectivity index (χ0v) is 17.9. The minimum absolute atomic E-state index is 0.0312. The van der Waals surface area contributed by atoms with E-state index in [0.717, 1.165) is 19.3 Å². The summed E-state index contributed by atoms with van der Waals surface area (Å²) < 4.78 is 27.6. The summed E-state index contributed by atoms with van der Waals surface area (Å²) in [5, 5.41) is 0. The molecule has 6 heteroatoms. The highest BCUT2D eigenvalue weighted by atomic mass is 32.2. The van der Waals surface area contributed by atoms with Crippen LogP contribution in [-0.2, 0) is 20.2 Å². The maximum atomic E-state index is 13.0. The van der Waals surface area contributed by atoms with E-state index < -0.39 is 10.0 Å². The van der Waals surface area contributed by atoms with Gasteiger partial charge in [-0.05, 0) is 53.9 Å². The summed E-state index contributed by atoms with van der Waals surface area (Å²) in [5.41, 5.74) is 2.55. The van der Waals surface area contributed by atoms with Crippen molar-refractivity contribution in [1.29, 1.82) is 0 Å². The van der Waals surface area contributed by atoms with Crippen LogP contribution < -0.4 is 0 Å². The molecule has 1 aliphatic carbocycles. The second-order valence-electron chi connectivity index (χ2n) is 8.48. The predicted molar refractivity (Wildman–Crippen MR) is 113 cm³/mol. The van der Waals surface area contributed by atoms with E-state index in [1.807, 2.05) is 12.1 Å². The third kappa shape index (κ3) is 3.60. The fourth-order valence-electron chi connectivity index (χ4n) is 4.97. The van der Waals surface area contributed by atoms with Gasteiger partial charge in [-0.15, -0.1) is 0 Å². The summed E-state index contributed by atoms with van der Waals surface area (Å²) in [5.74, 6) is 0.351. The number of hydrogen-bond donors (Lipinski definition) is 0. The quantitative estimate of drug-likeness (QED) is 0.774. The van der Waals surface area contributed by atoms with Crippen LogP contribution in [0.15, 0.2) is 59.5 Å². The minimum Gasteiger partial charge on any atom is -0.349 e. The van der Waals surface area contributed by atoms with E-state index in [1.165, 1.54) is 11.1 Å². The molecule has 1 aliphatic heterocycles. The maximum absolute atomic E-state index is 13.0. The van der Waals surface area contributed by atoms with Gasteiger partial charge in [-0.3, -0.25) is 4.79 Å². The van der Waals surface area contributed by atoms with Crippen LogP contribution in [0, 0.1) is 0 Å². The van der Waals surface area contributed by atoms with E-state index in [1.54, 1.807) is 47.6 Å². The van der Waals surface area contributed by atoms with Crippen LogP contribution in [0.25, 0.3) is 0 Å². The topological polar surface area (TPSA) is 57.7 Å². The van der Waals surface area contributed by atoms with Gasteiger partial charge in [-0.25, -0.2) is 8.42 Å². The van der Waals surface area contributed by atoms with Crippen molar-refractivity contribution in [3.8, 4) is 0 Å². The van der Waals surface area contributed by atoms with Crippen molar-refractivity contribution in [2.75, 3.05) is 27.2 Å². The van der Waals surface area contributed by atoms with Gasteiger partial charge in [0.1, 0.15) is 0 Å². The minimum atomic E-state index is -3.46. The first-order valence-electron chi connectivity index (χ1n) is 10.2. The molecule has 5 nitrogen and oxygen atoms in total. The lowest BCUT2D eigenvalue weighted by atomic mass is 9.73. The van der Waals surface area contributed by atoms with Crippen LogP contribution in [-0.4, -0.2) is 50.7 Å². The lowest BCUT2D eigenvalue weighted by molar-refractivity contribution is -0.129. The molecular weight excluding hydrogens is 384 g/mol. The number of fused-ring (bicyclic) bond motifs is 2. The molecule has 1 fully saturated rings. The number of rotatable bonds is 4. The van der Waals surface area contributed by atoms with E-state index in [4.69, 9.17) is 0 Å². The zero-order chi connectivity index (χ0) is 20.6. The summed E-state index contributed by atoms with van der Waals surface area (Å²) >= 11 is 0. The Balaban J connectivity index is 1.56. The zero-order valence-electron chi connectivity index (χ0n) is 17.0. The molecular formula is C23H28N2O3S. The molecule has 0 radical (unpaired) electrons. The number of amides is 1. The van der Waals surface area contributed by atoms with Crippen LogP contribution in [0.1, 0.15) is 42.7 Å². The Kier molecular flexibility index (Phi) is 5.25. The van der Waals surface area contributed by atoms with Crippen molar-refractivity contribution in [2.24, 2.45) is 0 Å². The molecule has 1 unspecified atom stereocenters. The van der Waals surface area contributed by atoms with Crippen LogP contribution in [0.5, 0.6) is 0 Å². The van der Waals surface area contributed by atoms with Gasteiger partial charge in [0, 0.05) is 33.6 Å². The van der Waals surface area contributed by atoms with Crippen molar-refractivity contribution in [2.45, 2.75) is 41.9 Å². The van der Waals surface area contributed by atoms with Gasteiger partial charge in [-0.2, -0.15) is 4.31 Å². The molecule has 0 bridgehead atoms. The number of carbonyl (C=O) groups excluding carboxylic acids is 1. The maximum Gasteiger partial charge on any atom is 0.243 e. The van der Waals surface area contributed by atoms with Crippen molar-refractivity contribution in [1.82, 2.24) is 9.21 Å². The molecule has 1 heterocycles. The predicted octanol–water partition coefficient (Wildman–Crippen LogP) is 3.37. The van der Waals surface area contributed by atoms with Crippen LogP contribution in [0.3, 0.4) is 0 Å². The number of hydrogen-bond acceptors (Lipinski definition) is 3. The summed E-state index contributed by atoms with van der Waals surface area (Å²) in [6, 6.07) is 17.1. The van der Waals surface area contributed by atoms with Crippen molar-refractivity contribution in [3.63, 3.8) is 0 Å². The average Bonchev–Trinajstić information content (AvgIpc) is 3.02. The van der Waals surface area contributed by atoms with Gasteiger partial charge < -0.3 is 4.90 Å². The smallest absolute Gasteiger partial charge is 0.243 e. The molecule has 2 aromatic carbocycles. The highest BCUT2D eigenvalue weighted by molar-refractivity contribution is 7.89. The normalized spacial score (nSPS) is 21.1. The first-order chi connectivity index (χ1) is 13.8. The number of nitrogens with zero attached hydrogens (tertiary/aromatic N) is 2. The standard InChI is InChI=1S/C23H28N2O3S/c1-24(2)22(26)16-18-17-23(21-11-7-6-10-20(18)21)12-14-25(15-13-23)29(27,28)19-8-4-3-5-9-19/h3-11,18H,12-17H2,1-2H3. The Morgan fingerprint density at radius 3 is 2.31 bits per heavy atom. The van der Waals surface area contributed by atoms with Gasteiger partial charge in [0.15, 0.2) is 0 Å². The van der Waals surface area contributed by atoms with Crippen molar-refractivity contribution < 1.29 is 13.2 Å². The van der Waals surface area contributed by atoms with Gasteiger partial charge in [0.2, 0.25) is 15.9 Å². The fraction of sp³-hybridized carbons (Fsp3) is 0.435. The van der Waals surface area contributed by atoms with Crippen molar-refractivity contribution in [3.05, 3.63) is 65.7 Å². The molecule has 1 atom stereocenters. The number of piperidine rings is 1. The molecule has 29 heavy (non-hydrogen) atoms. The summed E-state index contributed by atoms with van der Waals surface area (Å²) in [7, 11) is 0.138. The Morgan fingerprint density at radius 2 is 1.66 bits per heavy atom. The van der Waals surface area contributed by atoms with E-state index in [0.29, 0.717) is 24.4 Å². The SMILES string of the molecule is CN(C)C(=O)CC1CC2(CCN(S(=O)(=O)c3ccccc3)CC2)c2ccccc21. The molecule has 4 rings (SSSR count). The Hall–Kier alpha value is -2.18. The number of carbonyl (C=O) groups is 1. The second kappa shape index (κ2) is 7.58. The Labute approximate surface area is 173 Å². The Bertz CT molecular complexity index is 994. The third-order valence-electron chi connectivity index (χ3n) is 6.59. The van der Waals surface area contributed by atoms with E-state index >= 15 is 0 Å². The van der Waals surface area contributed by atoms with Gasteiger partial charge in [0.05, 0.1) is 4.90 Å². The summed E-state index contributed by atoms with van der Waals surface area (Å²) in [6.07, 6.45) is 3.02. The molecule has 2 aliphatic rings. The first kappa shape index (κ1) is 20.1. The van der Waals surface area contributed by atoms with Crippen LogP contribution in [0.2, 0.25) is 0 Å². The third-order valence-corrected chi connectivity index (χ3v) is 8.50. The second-order valence-corrected chi connectivity index (χ2v) is 10.4. The van der Waals surface area contributed by atoms with E-state index in [-0.39, 0.29) is 17.2 Å². The highest BCUT2D eigenvalue weighted by Crippen LogP contribution is 2.53. The molecule has 1 amide bonds. The molecule has 1 spiro atoms. The number of benzene rings is 2. The van der Waals surface area contributed by atoms with Gasteiger partial charge >= 0.3 is 0 Å². The Morgan fingerprint density at radius 1 is 1.03 bits per heavy atom. The fourth-order valence-corrected chi connectivity index (χ4v) is 6.44. The van der Waals surface area contributed by atoms with Crippen LogP contribution in [0.4, 0.5) is 0 Å².